The number of nitriles is 1. The highest BCUT2D eigenvalue weighted by atomic mass is 35.5. The van der Waals surface area contributed by atoms with E-state index in [-0.39, 0.29) is 17.6 Å². The van der Waals surface area contributed by atoms with E-state index in [9.17, 15) is 14.9 Å². The molecule has 2 heterocycles. The zero-order chi connectivity index (χ0) is 24.8. The van der Waals surface area contributed by atoms with Gasteiger partial charge in [-0.25, -0.2) is 0 Å². The van der Waals surface area contributed by atoms with E-state index in [4.69, 9.17) is 16.0 Å². The molecule has 0 saturated carbocycles. The van der Waals surface area contributed by atoms with Crippen LogP contribution in [0, 0.1) is 11.3 Å². The molecule has 1 aromatic heterocycles. The highest BCUT2D eigenvalue weighted by Crippen LogP contribution is 2.41. The molecule has 3 aromatic rings. The van der Waals surface area contributed by atoms with Gasteiger partial charge in [0, 0.05) is 22.1 Å². The first-order valence-corrected chi connectivity index (χ1v) is 12.0. The Morgan fingerprint density at radius 1 is 1.06 bits per heavy atom. The number of rotatable bonds is 7. The number of thioether (sulfide) groups is 1. The Morgan fingerprint density at radius 2 is 1.77 bits per heavy atom. The molecule has 2 aromatic carbocycles. The third-order valence-electron chi connectivity index (χ3n) is 5.23. The van der Waals surface area contributed by atoms with Crippen molar-refractivity contribution in [2.75, 3.05) is 16.4 Å². The van der Waals surface area contributed by atoms with Crippen LogP contribution in [-0.2, 0) is 9.59 Å². The summed E-state index contributed by atoms with van der Waals surface area (Å²) in [6, 6.07) is 21.5. The van der Waals surface area contributed by atoms with Gasteiger partial charge in [-0.05, 0) is 55.5 Å². The first kappa shape index (κ1) is 24.2. The average Bonchev–Trinajstić information content (AvgIpc) is 3.39. The van der Waals surface area contributed by atoms with Crippen molar-refractivity contribution in [3.8, 4) is 6.07 Å². The molecule has 0 bridgehead atoms. The molecule has 3 N–H and O–H groups in total. The first-order chi connectivity index (χ1) is 17.0. The smallest absolute Gasteiger partial charge is 0.254 e. The Labute approximate surface area is 211 Å². The summed E-state index contributed by atoms with van der Waals surface area (Å²) in [4.78, 5) is 25.8. The second-order valence-corrected chi connectivity index (χ2v) is 9.05. The maximum atomic E-state index is 13.3. The van der Waals surface area contributed by atoms with E-state index in [0.29, 0.717) is 44.0 Å². The molecule has 0 spiro atoms. The van der Waals surface area contributed by atoms with E-state index in [1.165, 1.54) is 18.0 Å². The number of carbonyl (C=O) groups excluding carboxylic acids is 2. The number of allylic oxidation sites excluding steroid dienone is 2. The lowest BCUT2D eigenvalue weighted by Gasteiger charge is -2.28. The van der Waals surface area contributed by atoms with Crippen molar-refractivity contribution >= 4 is 46.6 Å². The maximum absolute atomic E-state index is 13.3. The van der Waals surface area contributed by atoms with Crippen LogP contribution >= 0.6 is 23.4 Å². The SMILES string of the molecule is CC1=C(C(=O)Nc2ccc(Cl)cc2)[C@@H](c2ccco2)C(C#N)=C(SCC(=O)Nc2ccccc2)N1. The fourth-order valence-corrected chi connectivity index (χ4v) is 4.67. The number of carbonyl (C=O) groups is 2. The van der Waals surface area contributed by atoms with Crippen LogP contribution in [0.5, 0.6) is 0 Å². The Morgan fingerprint density at radius 3 is 2.43 bits per heavy atom. The van der Waals surface area contributed by atoms with Gasteiger partial charge in [-0.1, -0.05) is 41.6 Å². The van der Waals surface area contributed by atoms with Gasteiger partial charge < -0.3 is 20.4 Å². The van der Waals surface area contributed by atoms with E-state index in [1.807, 2.05) is 18.2 Å². The lowest BCUT2D eigenvalue weighted by atomic mass is 9.85. The molecule has 0 fully saturated rings. The monoisotopic (exact) mass is 504 g/mol. The topological polar surface area (TPSA) is 107 Å². The van der Waals surface area contributed by atoms with Crippen molar-refractivity contribution in [1.82, 2.24) is 5.32 Å². The molecule has 1 aliphatic rings. The van der Waals surface area contributed by atoms with E-state index >= 15 is 0 Å². The van der Waals surface area contributed by atoms with E-state index < -0.39 is 5.92 Å². The Kier molecular flexibility index (Phi) is 7.60. The van der Waals surface area contributed by atoms with Crippen molar-refractivity contribution in [2.45, 2.75) is 12.8 Å². The summed E-state index contributed by atoms with van der Waals surface area (Å²) in [5, 5.41) is 20.0. The molecule has 0 saturated heterocycles. The van der Waals surface area contributed by atoms with Crippen molar-refractivity contribution in [3.63, 3.8) is 0 Å². The molecule has 9 heteroatoms. The summed E-state index contributed by atoms with van der Waals surface area (Å²) in [6.07, 6.45) is 1.50. The molecule has 1 aliphatic heterocycles. The number of furan rings is 1. The number of anilines is 2. The molecule has 35 heavy (non-hydrogen) atoms. The summed E-state index contributed by atoms with van der Waals surface area (Å²) < 4.78 is 5.62. The normalized spacial score (nSPS) is 15.3. The van der Waals surface area contributed by atoms with Crippen LogP contribution in [0.4, 0.5) is 11.4 Å². The highest BCUT2D eigenvalue weighted by molar-refractivity contribution is 8.03. The summed E-state index contributed by atoms with van der Waals surface area (Å²) in [5.74, 6) is -0.793. The largest absolute Gasteiger partial charge is 0.468 e. The molecule has 4 rings (SSSR count). The Hall–Kier alpha value is -3.93. The molecule has 0 aliphatic carbocycles. The van der Waals surface area contributed by atoms with Crippen LogP contribution in [-0.4, -0.2) is 17.6 Å². The van der Waals surface area contributed by atoms with Gasteiger partial charge in [0.1, 0.15) is 5.76 Å². The minimum atomic E-state index is -0.733. The number of halogens is 1. The molecular weight excluding hydrogens is 484 g/mol. The van der Waals surface area contributed by atoms with Gasteiger partial charge in [0.25, 0.3) is 5.91 Å². The lowest BCUT2D eigenvalue weighted by molar-refractivity contribution is -0.114. The fourth-order valence-electron chi connectivity index (χ4n) is 3.66. The number of para-hydroxylation sites is 1. The minimum absolute atomic E-state index is 0.0763. The quantitative estimate of drug-likeness (QED) is 0.384. The van der Waals surface area contributed by atoms with Gasteiger partial charge in [-0.2, -0.15) is 5.26 Å². The van der Waals surface area contributed by atoms with Crippen LogP contribution in [0.1, 0.15) is 18.6 Å². The lowest BCUT2D eigenvalue weighted by Crippen LogP contribution is -2.31. The summed E-state index contributed by atoms with van der Waals surface area (Å²) in [6.45, 7) is 1.76. The third kappa shape index (κ3) is 5.77. The standard InChI is InChI=1S/C26H21ClN4O3S/c1-16-23(25(33)31-19-11-9-17(27)10-12-19)24(21-8-5-13-34-21)20(14-28)26(29-16)35-15-22(32)30-18-6-3-2-4-7-18/h2-13,24,29H,15H2,1H3,(H,30,32)(H,31,33)/t24-/m1/s1. The van der Waals surface area contributed by atoms with Crippen LogP contribution in [0.3, 0.4) is 0 Å². The summed E-state index contributed by atoms with van der Waals surface area (Å²) >= 11 is 7.14. The van der Waals surface area contributed by atoms with Gasteiger partial charge >= 0.3 is 0 Å². The third-order valence-corrected chi connectivity index (χ3v) is 6.50. The predicted molar refractivity (Wildman–Crippen MR) is 138 cm³/mol. The molecule has 0 radical (unpaired) electrons. The average molecular weight is 505 g/mol. The number of hydrogen-bond donors (Lipinski definition) is 3. The van der Waals surface area contributed by atoms with Gasteiger partial charge in [-0.15, -0.1) is 0 Å². The van der Waals surface area contributed by atoms with Gasteiger partial charge in [0.15, 0.2) is 0 Å². The maximum Gasteiger partial charge on any atom is 0.254 e. The molecule has 1 atom stereocenters. The second kappa shape index (κ2) is 11.0. The number of nitrogens with one attached hydrogen (secondary N) is 3. The molecule has 0 unspecified atom stereocenters. The second-order valence-electron chi connectivity index (χ2n) is 7.63. The Balaban J connectivity index is 1.58. The molecule has 7 nitrogen and oxygen atoms in total. The van der Waals surface area contributed by atoms with E-state index in [1.54, 1.807) is 55.5 Å². The molecule has 176 valence electrons. The van der Waals surface area contributed by atoms with Crippen molar-refractivity contribution < 1.29 is 14.0 Å². The zero-order valence-corrected chi connectivity index (χ0v) is 20.2. The Bertz CT molecular complexity index is 1330. The van der Waals surface area contributed by atoms with Crippen LogP contribution < -0.4 is 16.0 Å². The highest BCUT2D eigenvalue weighted by Gasteiger charge is 2.36. The summed E-state index contributed by atoms with van der Waals surface area (Å²) in [5.41, 5.74) is 2.46. The minimum Gasteiger partial charge on any atom is -0.468 e. The number of hydrogen-bond acceptors (Lipinski definition) is 6. The number of amides is 2. The number of benzene rings is 2. The molecular formula is C26H21ClN4O3S. The number of dihydropyridines is 1. The van der Waals surface area contributed by atoms with Crippen LogP contribution in [0.25, 0.3) is 0 Å². The van der Waals surface area contributed by atoms with E-state index in [0.717, 1.165) is 0 Å². The predicted octanol–water partition coefficient (Wildman–Crippen LogP) is 5.64. The number of nitrogens with zero attached hydrogens (tertiary/aromatic N) is 1. The van der Waals surface area contributed by atoms with Gasteiger partial charge in [0.2, 0.25) is 5.91 Å². The first-order valence-electron chi connectivity index (χ1n) is 10.7. The zero-order valence-electron chi connectivity index (χ0n) is 18.7. The summed E-state index contributed by atoms with van der Waals surface area (Å²) in [7, 11) is 0. The fraction of sp³-hybridized carbons (Fsp3) is 0.115. The van der Waals surface area contributed by atoms with Crippen LogP contribution in [0.2, 0.25) is 5.02 Å². The van der Waals surface area contributed by atoms with Crippen LogP contribution in [0.15, 0.2) is 99.3 Å². The van der Waals surface area contributed by atoms with Crippen molar-refractivity contribution in [3.05, 3.63) is 106 Å². The van der Waals surface area contributed by atoms with Crippen molar-refractivity contribution in [2.24, 2.45) is 0 Å². The molecule has 2 amide bonds. The van der Waals surface area contributed by atoms with Gasteiger partial charge in [-0.3, -0.25) is 9.59 Å². The van der Waals surface area contributed by atoms with Crippen molar-refractivity contribution in [1.29, 1.82) is 5.26 Å². The van der Waals surface area contributed by atoms with E-state index in [2.05, 4.69) is 22.0 Å². The van der Waals surface area contributed by atoms with Gasteiger partial charge in [0.05, 0.1) is 40.2 Å².